The summed E-state index contributed by atoms with van der Waals surface area (Å²) in [6, 6.07) is 18.1. The third-order valence-corrected chi connectivity index (χ3v) is 5.42. The van der Waals surface area contributed by atoms with Crippen LogP contribution in [0, 0.1) is 0 Å². The summed E-state index contributed by atoms with van der Waals surface area (Å²) in [5.74, 6) is 0.248. The second-order valence-electron chi connectivity index (χ2n) is 7.15. The Balaban J connectivity index is 1.90. The number of rotatable bonds is 7. The largest absolute Gasteiger partial charge is 0.388 e. The highest BCUT2D eigenvalue weighted by molar-refractivity contribution is 5.87. The number of benzene rings is 2. The van der Waals surface area contributed by atoms with Gasteiger partial charge in [-0.15, -0.1) is 0 Å². The first kappa shape index (κ1) is 17.9. The fourth-order valence-corrected chi connectivity index (χ4v) is 4.13. The van der Waals surface area contributed by atoms with Gasteiger partial charge in [0.15, 0.2) is 0 Å². The molecule has 1 aliphatic rings. The third kappa shape index (κ3) is 4.01. The Kier molecular flexibility index (Phi) is 6.04. The van der Waals surface area contributed by atoms with Gasteiger partial charge in [-0.2, -0.15) is 0 Å². The molecule has 2 heteroatoms. The maximum atomic E-state index is 13.1. The van der Waals surface area contributed by atoms with Gasteiger partial charge in [-0.1, -0.05) is 80.8 Å². The van der Waals surface area contributed by atoms with E-state index in [1.807, 2.05) is 42.5 Å². The van der Waals surface area contributed by atoms with E-state index in [-0.39, 0.29) is 11.8 Å². The summed E-state index contributed by atoms with van der Waals surface area (Å²) in [5.41, 5.74) is 3.11. The first-order valence-corrected chi connectivity index (χ1v) is 9.57. The van der Waals surface area contributed by atoms with E-state index in [2.05, 4.69) is 19.1 Å². The summed E-state index contributed by atoms with van der Waals surface area (Å²) >= 11 is 0. The van der Waals surface area contributed by atoms with E-state index in [0.717, 1.165) is 29.5 Å². The minimum Gasteiger partial charge on any atom is -0.388 e. The van der Waals surface area contributed by atoms with Crippen LogP contribution in [0.4, 0.5) is 0 Å². The van der Waals surface area contributed by atoms with Crippen molar-refractivity contribution in [2.75, 3.05) is 0 Å². The zero-order chi connectivity index (χ0) is 17.6. The molecule has 25 heavy (non-hydrogen) atoms. The summed E-state index contributed by atoms with van der Waals surface area (Å²) < 4.78 is 0. The molecule has 0 spiro atoms. The molecule has 0 aromatic heterocycles. The van der Waals surface area contributed by atoms with Crippen LogP contribution >= 0.6 is 0 Å². The van der Waals surface area contributed by atoms with Gasteiger partial charge in [0, 0.05) is 18.3 Å². The predicted octanol–water partition coefficient (Wildman–Crippen LogP) is 5.53. The van der Waals surface area contributed by atoms with E-state index in [1.54, 1.807) is 0 Å². The number of carbonyl (C=O) groups is 1. The molecule has 1 N–H and O–H groups in total. The Labute approximate surface area is 150 Å². The molecule has 0 saturated carbocycles. The van der Waals surface area contributed by atoms with Gasteiger partial charge in [-0.25, -0.2) is 0 Å². The van der Waals surface area contributed by atoms with E-state index >= 15 is 0 Å². The molecule has 0 bridgehead atoms. The number of fused-ring (bicyclic) bond motifs is 1. The number of hydrogen-bond acceptors (Lipinski definition) is 2. The van der Waals surface area contributed by atoms with Crippen LogP contribution in [0.15, 0.2) is 54.6 Å². The quantitative estimate of drug-likeness (QED) is 0.675. The van der Waals surface area contributed by atoms with Gasteiger partial charge in [-0.3, -0.25) is 4.79 Å². The van der Waals surface area contributed by atoms with Crippen LogP contribution in [0.25, 0.3) is 0 Å². The lowest BCUT2D eigenvalue weighted by Gasteiger charge is -2.36. The number of hydrogen-bond donors (Lipinski definition) is 1. The monoisotopic (exact) mass is 336 g/mol. The highest BCUT2D eigenvalue weighted by Gasteiger charge is 2.38. The molecule has 3 atom stereocenters. The third-order valence-electron chi connectivity index (χ3n) is 5.42. The standard InChI is InChI=1S/C23H28O2/c1-2-3-4-8-15-21(24)23-19-14-10-9-13-18(19)22(25)16-20(23)17-11-6-5-7-12-17/h5-7,9-14,20,22-23,25H,2-4,8,15-16H2,1H3/t20-,22+,23+/m0/s1. The van der Waals surface area contributed by atoms with Crippen molar-refractivity contribution < 1.29 is 9.90 Å². The zero-order valence-corrected chi connectivity index (χ0v) is 15.0. The summed E-state index contributed by atoms with van der Waals surface area (Å²) in [6.45, 7) is 2.19. The molecule has 0 aliphatic heterocycles. The lowest BCUT2D eigenvalue weighted by Crippen LogP contribution is -2.28. The molecule has 0 amide bonds. The van der Waals surface area contributed by atoms with E-state index in [1.165, 1.54) is 12.8 Å². The van der Waals surface area contributed by atoms with Crippen LogP contribution in [0.2, 0.25) is 0 Å². The van der Waals surface area contributed by atoms with Crippen LogP contribution in [-0.4, -0.2) is 10.9 Å². The molecule has 2 nitrogen and oxygen atoms in total. The van der Waals surface area contributed by atoms with Gasteiger partial charge >= 0.3 is 0 Å². The number of aliphatic hydroxyl groups excluding tert-OH is 1. The molecule has 0 radical (unpaired) electrons. The molecule has 0 heterocycles. The highest BCUT2D eigenvalue weighted by Crippen LogP contribution is 2.47. The molecular weight excluding hydrogens is 308 g/mol. The molecule has 132 valence electrons. The smallest absolute Gasteiger partial charge is 0.140 e. The van der Waals surface area contributed by atoms with Gasteiger partial charge in [-0.05, 0) is 29.5 Å². The van der Waals surface area contributed by atoms with Gasteiger partial charge in [0.05, 0.1) is 6.10 Å². The Bertz CT molecular complexity index is 692. The second kappa shape index (κ2) is 8.44. The van der Waals surface area contributed by atoms with Gasteiger partial charge < -0.3 is 5.11 Å². The predicted molar refractivity (Wildman–Crippen MR) is 102 cm³/mol. The van der Waals surface area contributed by atoms with Crippen LogP contribution in [0.3, 0.4) is 0 Å². The Morgan fingerprint density at radius 3 is 2.36 bits per heavy atom. The summed E-state index contributed by atoms with van der Waals surface area (Å²) in [7, 11) is 0. The molecule has 2 aromatic rings. The zero-order valence-electron chi connectivity index (χ0n) is 15.0. The Morgan fingerprint density at radius 1 is 0.960 bits per heavy atom. The SMILES string of the molecule is CCCCCCC(=O)[C@@H]1c2ccccc2[C@H](O)C[C@H]1c1ccccc1. The van der Waals surface area contributed by atoms with Gasteiger partial charge in [0.2, 0.25) is 0 Å². The Morgan fingerprint density at radius 2 is 1.64 bits per heavy atom. The molecule has 0 saturated heterocycles. The van der Waals surface area contributed by atoms with E-state index < -0.39 is 6.10 Å². The summed E-state index contributed by atoms with van der Waals surface area (Å²) in [4.78, 5) is 13.1. The maximum absolute atomic E-state index is 13.1. The molecule has 3 rings (SSSR count). The highest BCUT2D eigenvalue weighted by atomic mass is 16.3. The van der Waals surface area contributed by atoms with E-state index in [0.29, 0.717) is 18.6 Å². The molecule has 1 aliphatic carbocycles. The van der Waals surface area contributed by atoms with Crippen molar-refractivity contribution in [3.05, 3.63) is 71.3 Å². The van der Waals surface area contributed by atoms with Crippen molar-refractivity contribution in [2.45, 2.75) is 63.4 Å². The van der Waals surface area contributed by atoms with Gasteiger partial charge in [0.25, 0.3) is 0 Å². The topological polar surface area (TPSA) is 37.3 Å². The minimum absolute atomic E-state index is 0.0600. The number of unbranched alkanes of at least 4 members (excludes halogenated alkanes) is 3. The van der Waals surface area contributed by atoms with Crippen LogP contribution < -0.4 is 0 Å². The van der Waals surface area contributed by atoms with Crippen LogP contribution in [0.1, 0.15) is 80.1 Å². The van der Waals surface area contributed by atoms with Crippen LogP contribution in [0.5, 0.6) is 0 Å². The van der Waals surface area contributed by atoms with Crippen molar-refractivity contribution in [2.24, 2.45) is 0 Å². The minimum atomic E-state index is -0.495. The van der Waals surface area contributed by atoms with Crippen LogP contribution in [-0.2, 0) is 4.79 Å². The van der Waals surface area contributed by atoms with Crippen molar-refractivity contribution in [1.82, 2.24) is 0 Å². The first-order chi connectivity index (χ1) is 12.2. The summed E-state index contributed by atoms with van der Waals surface area (Å²) in [6.07, 6.45) is 5.22. The first-order valence-electron chi connectivity index (χ1n) is 9.57. The Hall–Kier alpha value is -1.93. The maximum Gasteiger partial charge on any atom is 0.140 e. The lowest BCUT2D eigenvalue weighted by molar-refractivity contribution is -0.121. The fraction of sp³-hybridized carbons (Fsp3) is 0.435. The van der Waals surface area contributed by atoms with E-state index in [4.69, 9.17) is 0 Å². The number of carbonyl (C=O) groups excluding carboxylic acids is 1. The van der Waals surface area contributed by atoms with Crippen molar-refractivity contribution in [3.63, 3.8) is 0 Å². The number of Topliss-reactive ketones (excluding diaryl/α,β-unsaturated/α-hetero) is 1. The molecule has 2 aromatic carbocycles. The molecule has 0 fully saturated rings. The molecular formula is C23H28O2. The normalized spacial score (nSPS) is 22.4. The summed E-state index contributed by atoms with van der Waals surface area (Å²) in [5, 5.41) is 10.6. The number of aliphatic hydroxyl groups is 1. The van der Waals surface area contributed by atoms with Gasteiger partial charge in [0.1, 0.15) is 5.78 Å². The van der Waals surface area contributed by atoms with Crippen molar-refractivity contribution >= 4 is 5.78 Å². The fourth-order valence-electron chi connectivity index (χ4n) is 4.13. The lowest BCUT2D eigenvalue weighted by atomic mass is 9.68. The van der Waals surface area contributed by atoms with Crippen molar-refractivity contribution in [3.8, 4) is 0 Å². The van der Waals surface area contributed by atoms with Crippen molar-refractivity contribution in [1.29, 1.82) is 0 Å². The van der Waals surface area contributed by atoms with E-state index in [9.17, 15) is 9.90 Å². The average molecular weight is 336 g/mol. The molecule has 0 unspecified atom stereocenters. The second-order valence-corrected chi connectivity index (χ2v) is 7.15. The number of ketones is 1. The average Bonchev–Trinajstić information content (AvgIpc) is 2.66.